The van der Waals surface area contributed by atoms with E-state index in [0.29, 0.717) is 32.5 Å². The van der Waals surface area contributed by atoms with Crippen molar-refractivity contribution in [1.82, 2.24) is 5.32 Å². The van der Waals surface area contributed by atoms with Crippen LogP contribution in [0.4, 0.5) is 5.69 Å². The van der Waals surface area contributed by atoms with E-state index in [4.69, 9.17) is 4.74 Å². The van der Waals surface area contributed by atoms with Gasteiger partial charge in [0.1, 0.15) is 12.4 Å². The number of nitrogens with zero attached hydrogens (tertiary/aromatic N) is 1. The van der Waals surface area contributed by atoms with Crippen LogP contribution in [0.5, 0.6) is 5.75 Å². The smallest absolute Gasteiger partial charge is 0.258 e. The predicted octanol–water partition coefficient (Wildman–Crippen LogP) is 5.07. The van der Waals surface area contributed by atoms with E-state index in [0.717, 1.165) is 27.8 Å². The molecule has 0 bridgehead atoms. The van der Waals surface area contributed by atoms with Crippen molar-refractivity contribution in [3.63, 3.8) is 0 Å². The summed E-state index contributed by atoms with van der Waals surface area (Å²) in [6, 6.07) is 19.9. The molecule has 0 saturated heterocycles. The van der Waals surface area contributed by atoms with Crippen molar-refractivity contribution in [2.45, 2.75) is 39.0 Å². The number of nitrogens with one attached hydrogen (secondary N) is 1. The molecule has 0 spiro atoms. The SMILES string of the molecule is CC(C)(C)c1ccc(OCCNC(=O)CCCN2C(=O)c3cccc4cccc2c34)cc1. The number of rotatable bonds is 8. The highest BCUT2D eigenvalue weighted by atomic mass is 16.5. The van der Waals surface area contributed by atoms with Gasteiger partial charge in [0.15, 0.2) is 0 Å². The summed E-state index contributed by atoms with van der Waals surface area (Å²) in [7, 11) is 0. The molecule has 5 heteroatoms. The van der Waals surface area contributed by atoms with Crippen LogP contribution in [0.3, 0.4) is 0 Å². The van der Waals surface area contributed by atoms with Crippen LogP contribution in [0, 0.1) is 0 Å². The lowest BCUT2D eigenvalue weighted by Crippen LogP contribution is -2.31. The number of carbonyl (C=O) groups excluding carboxylic acids is 2. The van der Waals surface area contributed by atoms with Gasteiger partial charge in [0.05, 0.1) is 12.2 Å². The third kappa shape index (κ3) is 4.62. The second-order valence-electron chi connectivity index (χ2n) is 9.21. The van der Waals surface area contributed by atoms with E-state index in [-0.39, 0.29) is 17.2 Å². The summed E-state index contributed by atoms with van der Waals surface area (Å²) in [6.07, 6.45) is 0.980. The number of ether oxygens (including phenoxy) is 1. The molecule has 166 valence electrons. The van der Waals surface area contributed by atoms with Crippen LogP contribution < -0.4 is 15.0 Å². The van der Waals surface area contributed by atoms with Crippen molar-refractivity contribution in [2.24, 2.45) is 0 Å². The van der Waals surface area contributed by atoms with Gasteiger partial charge in [-0.05, 0) is 47.1 Å². The van der Waals surface area contributed by atoms with E-state index >= 15 is 0 Å². The normalized spacial score (nSPS) is 13.0. The quantitative estimate of drug-likeness (QED) is 0.508. The highest BCUT2D eigenvalue weighted by Gasteiger charge is 2.28. The van der Waals surface area contributed by atoms with Gasteiger partial charge < -0.3 is 15.0 Å². The molecule has 5 nitrogen and oxygen atoms in total. The van der Waals surface area contributed by atoms with Gasteiger partial charge in [0.2, 0.25) is 5.91 Å². The lowest BCUT2D eigenvalue weighted by molar-refractivity contribution is -0.121. The molecule has 0 fully saturated rings. The highest BCUT2D eigenvalue weighted by molar-refractivity contribution is 6.25. The Morgan fingerprint density at radius 2 is 1.72 bits per heavy atom. The van der Waals surface area contributed by atoms with Gasteiger partial charge in [0, 0.05) is 23.9 Å². The fourth-order valence-corrected chi connectivity index (χ4v) is 4.10. The summed E-state index contributed by atoms with van der Waals surface area (Å²) in [5.74, 6) is 0.788. The van der Waals surface area contributed by atoms with Crippen LogP contribution in [0.1, 0.15) is 49.5 Å². The summed E-state index contributed by atoms with van der Waals surface area (Å²) >= 11 is 0. The molecule has 0 radical (unpaired) electrons. The first-order valence-electron chi connectivity index (χ1n) is 11.2. The van der Waals surface area contributed by atoms with Crippen molar-refractivity contribution in [1.29, 1.82) is 0 Å². The molecule has 0 aliphatic carbocycles. The average Bonchev–Trinajstić information content (AvgIpc) is 3.05. The molecule has 32 heavy (non-hydrogen) atoms. The topological polar surface area (TPSA) is 58.6 Å². The minimum absolute atomic E-state index is 0.0167. The Balaban J connectivity index is 1.20. The van der Waals surface area contributed by atoms with Gasteiger partial charge >= 0.3 is 0 Å². The summed E-state index contributed by atoms with van der Waals surface area (Å²) in [6.45, 7) is 7.93. The molecule has 4 rings (SSSR count). The number of amides is 2. The van der Waals surface area contributed by atoms with Crippen molar-refractivity contribution in [3.05, 3.63) is 71.8 Å². The number of benzene rings is 3. The highest BCUT2D eigenvalue weighted by Crippen LogP contribution is 2.37. The second kappa shape index (κ2) is 9.03. The van der Waals surface area contributed by atoms with Crippen LogP contribution in [0.2, 0.25) is 0 Å². The van der Waals surface area contributed by atoms with Crippen LogP contribution in [0.15, 0.2) is 60.7 Å². The largest absolute Gasteiger partial charge is 0.492 e. The minimum atomic E-state index is -0.0287. The van der Waals surface area contributed by atoms with Gasteiger partial charge in [0.25, 0.3) is 5.91 Å². The van der Waals surface area contributed by atoms with Crippen LogP contribution in [-0.2, 0) is 10.2 Å². The van der Waals surface area contributed by atoms with Crippen molar-refractivity contribution in [2.75, 3.05) is 24.6 Å². The molecular formula is C27H30N2O3. The third-order valence-electron chi connectivity index (χ3n) is 5.85. The van der Waals surface area contributed by atoms with Crippen LogP contribution in [0.25, 0.3) is 10.8 Å². The third-order valence-corrected chi connectivity index (χ3v) is 5.85. The zero-order valence-corrected chi connectivity index (χ0v) is 19.0. The Morgan fingerprint density at radius 3 is 2.44 bits per heavy atom. The molecule has 3 aromatic rings. The molecule has 0 unspecified atom stereocenters. The maximum Gasteiger partial charge on any atom is 0.258 e. The summed E-state index contributed by atoms with van der Waals surface area (Å²) in [5.41, 5.74) is 3.06. The minimum Gasteiger partial charge on any atom is -0.492 e. The Labute approximate surface area is 189 Å². The Kier molecular flexibility index (Phi) is 6.17. The van der Waals surface area contributed by atoms with E-state index < -0.39 is 0 Å². The lowest BCUT2D eigenvalue weighted by Gasteiger charge is -2.19. The number of carbonyl (C=O) groups is 2. The molecule has 2 amide bonds. The first-order chi connectivity index (χ1) is 15.3. The van der Waals surface area contributed by atoms with Crippen molar-refractivity contribution >= 4 is 28.3 Å². The van der Waals surface area contributed by atoms with Gasteiger partial charge in [-0.2, -0.15) is 0 Å². The number of hydrogen-bond acceptors (Lipinski definition) is 3. The van der Waals surface area contributed by atoms with Gasteiger partial charge in [-0.3, -0.25) is 9.59 Å². The molecule has 1 heterocycles. The van der Waals surface area contributed by atoms with E-state index in [1.54, 1.807) is 4.90 Å². The van der Waals surface area contributed by atoms with Gasteiger partial charge in [-0.15, -0.1) is 0 Å². The van der Waals surface area contributed by atoms with E-state index in [9.17, 15) is 9.59 Å². The summed E-state index contributed by atoms with van der Waals surface area (Å²) in [4.78, 5) is 26.8. The summed E-state index contributed by atoms with van der Waals surface area (Å²) < 4.78 is 5.72. The zero-order chi connectivity index (χ0) is 22.7. The summed E-state index contributed by atoms with van der Waals surface area (Å²) in [5, 5.41) is 4.98. The van der Waals surface area contributed by atoms with Crippen LogP contribution >= 0.6 is 0 Å². The number of hydrogen-bond donors (Lipinski definition) is 1. The first-order valence-corrected chi connectivity index (χ1v) is 11.2. The van der Waals surface area contributed by atoms with Crippen molar-refractivity contribution < 1.29 is 14.3 Å². The van der Waals surface area contributed by atoms with Crippen LogP contribution in [-0.4, -0.2) is 31.5 Å². The molecule has 0 aromatic heterocycles. The van der Waals surface area contributed by atoms with Crippen molar-refractivity contribution in [3.8, 4) is 5.75 Å². The monoisotopic (exact) mass is 430 g/mol. The van der Waals surface area contributed by atoms with E-state index in [1.165, 1.54) is 5.56 Å². The standard InChI is InChI=1S/C27H30N2O3/c1-27(2,3)20-12-14-21(15-13-20)32-18-16-28-24(30)11-6-17-29-23-10-5-8-19-7-4-9-22(25(19)23)26(29)31/h4-5,7-10,12-15H,6,11,16-18H2,1-3H3,(H,28,30). The molecule has 0 saturated carbocycles. The molecule has 3 aromatic carbocycles. The number of anilines is 1. The maximum atomic E-state index is 12.8. The molecule has 1 aliphatic rings. The molecule has 0 atom stereocenters. The first kappa shape index (κ1) is 21.9. The zero-order valence-electron chi connectivity index (χ0n) is 19.0. The Hall–Kier alpha value is -3.34. The molecule has 1 aliphatic heterocycles. The van der Waals surface area contributed by atoms with Gasteiger partial charge in [-0.1, -0.05) is 57.2 Å². The Bertz CT molecular complexity index is 1120. The molecular weight excluding hydrogens is 400 g/mol. The second-order valence-corrected chi connectivity index (χ2v) is 9.21. The Morgan fingerprint density at radius 1 is 1.00 bits per heavy atom. The lowest BCUT2D eigenvalue weighted by atomic mass is 9.87. The fraction of sp³-hybridized carbons (Fsp3) is 0.333. The van der Waals surface area contributed by atoms with E-state index in [1.807, 2.05) is 48.5 Å². The average molecular weight is 431 g/mol. The van der Waals surface area contributed by atoms with Gasteiger partial charge in [-0.25, -0.2) is 0 Å². The maximum absolute atomic E-state index is 12.8. The fourth-order valence-electron chi connectivity index (χ4n) is 4.10. The predicted molar refractivity (Wildman–Crippen MR) is 129 cm³/mol. The molecule has 1 N–H and O–H groups in total. The van der Waals surface area contributed by atoms with E-state index in [2.05, 4.69) is 38.2 Å².